The minimum atomic E-state index is -4.07. The van der Waals surface area contributed by atoms with Crippen LogP contribution in [0.15, 0.2) is 71.6 Å². The van der Waals surface area contributed by atoms with E-state index in [4.69, 9.17) is 4.74 Å². The third kappa shape index (κ3) is 7.15. The van der Waals surface area contributed by atoms with Gasteiger partial charge in [0.25, 0.3) is 5.91 Å². The molecule has 0 spiro atoms. The van der Waals surface area contributed by atoms with Crippen LogP contribution in [0.1, 0.15) is 24.2 Å². The molecule has 0 aromatic heterocycles. The standard InChI is InChI=1S/C31H37FN4O6S/c1-20-17-36(21(2)19-37)43(40,41)29-14-9-23(22-7-6-8-24(15-22)30(38)34(3)4)16-27(29)42-28(20)18-35(5)31(39)33-26-12-10-25(32)11-13-26/h6-16,20-21,28,37H,17-19H2,1-5H3,(H,33,39)/t20-,21-,28+/m0/s1. The summed E-state index contributed by atoms with van der Waals surface area (Å²) < 4.78 is 48.6. The number of rotatable bonds is 7. The Morgan fingerprint density at radius 1 is 1.07 bits per heavy atom. The molecule has 0 saturated carbocycles. The fourth-order valence-electron chi connectivity index (χ4n) is 4.82. The minimum Gasteiger partial charge on any atom is -0.487 e. The number of anilines is 1. The molecular weight excluding hydrogens is 575 g/mol. The van der Waals surface area contributed by atoms with Crippen LogP contribution in [0.2, 0.25) is 0 Å². The second-order valence-electron chi connectivity index (χ2n) is 11.0. The molecule has 1 aliphatic rings. The summed E-state index contributed by atoms with van der Waals surface area (Å²) in [5.74, 6) is -0.881. The highest BCUT2D eigenvalue weighted by atomic mass is 32.2. The molecule has 2 N–H and O–H groups in total. The predicted octanol–water partition coefficient (Wildman–Crippen LogP) is 4.13. The summed E-state index contributed by atoms with van der Waals surface area (Å²) in [6.45, 7) is 3.24. The normalized spacial score (nSPS) is 18.8. The summed E-state index contributed by atoms with van der Waals surface area (Å²) in [6.07, 6.45) is -0.636. The number of aliphatic hydroxyl groups is 1. The van der Waals surface area contributed by atoms with Crippen LogP contribution in [0, 0.1) is 11.7 Å². The molecule has 0 aliphatic carbocycles. The number of sulfonamides is 1. The number of likely N-dealkylation sites (N-methyl/N-ethyl adjacent to an activating group) is 1. The predicted molar refractivity (Wildman–Crippen MR) is 162 cm³/mol. The van der Waals surface area contributed by atoms with Crippen molar-refractivity contribution in [3.8, 4) is 16.9 Å². The first-order chi connectivity index (χ1) is 20.3. The first-order valence-corrected chi connectivity index (χ1v) is 15.3. The minimum absolute atomic E-state index is 0.0536. The second-order valence-corrected chi connectivity index (χ2v) is 12.9. The molecule has 0 unspecified atom stereocenters. The molecular formula is C31H37FN4O6S. The lowest BCUT2D eigenvalue weighted by atomic mass is 10.0. The molecule has 3 aromatic carbocycles. The summed E-state index contributed by atoms with van der Waals surface area (Å²) in [6, 6.07) is 16.0. The number of halogens is 1. The Labute approximate surface area is 251 Å². The van der Waals surface area contributed by atoms with Gasteiger partial charge in [0, 0.05) is 50.9 Å². The Bertz CT molecular complexity index is 1580. The summed E-state index contributed by atoms with van der Waals surface area (Å²) >= 11 is 0. The Balaban J connectivity index is 1.71. The van der Waals surface area contributed by atoms with Crippen LogP contribution in [-0.2, 0) is 10.0 Å². The molecule has 10 nitrogen and oxygen atoms in total. The average Bonchev–Trinajstić information content (AvgIpc) is 2.98. The summed E-state index contributed by atoms with van der Waals surface area (Å²) in [5.41, 5.74) is 2.23. The van der Waals surface area contributed by atoms with E-state index in [0.29, 0.717) is 22.4 Å². The van der Waals surface area contributed by atoms with Gasteiger partial charge in [-0.1, -0.05) is 25.1 Å². The number of benzene rings is 3. The number of amides is 3. The zero-order valence-corrected chi connectivity index (χ0v) is 25.6. The van der Waals surface area contributed by atoms with Crippen molar-refractivity contribution < 1.29 is 32.2 Å². The van der Waals surface area contributed by atoms with Crippen molar-refractivity contribution in [3.05, 3.63) is 78.1 Å². The fraction of sp³-hybridized carbons (Fsp3) is 0.355. The second kappa shape index (κ2) is 13.1. The van der Waals surface area contributed by atoms with Gasteiger partial charge >= 0.3 is 6.03 Å². The van der Waals surface area contributed by atoms with Crippen molar-refractivity contribution >= 4 is 27.6 Å². The number of hydrogen-bond donors (Lipinski definition) is 2. The molecule has 43 heavy (non-hydrogen) atoms. The van der Waals surface area contributed by atoms with E-state index in [2.05, 4.69) is 5.32 Å². The van der Waals surface area contributed by atoms with Crippen LogP contribution in [0.3, 0.4) is 0 Å². The third-order valence-corrected chi connectivity index (χ3v) is 9.43. The van der Waals surface area contributed by atoms with Gasteiger partial charge in [-0.25, -0.2) is 17.6 Å². The zero-order chi connectivity index (χ0) is 31.5. The van der Waals surface area contributed by atoms with Gasteiger partial charge in [-0.2, -0.15) is 4.31 Å². The molecule has 0 bridgehead atoms. The molecule has 3 aromatic rings. The fourth-order valence-corrected chi connectivity index (χ4v) is 6.64. The smallest absolute Gasteiger partial charge is 0.321 e. The molecule has 3 atom stereocenters. The van der Waals surface area contributed by atoms with Crippen LogP contribution in [0.25, 0.3) is 11.1 Å². The first-order valence-electron chi connectivity index (χ1n) is 13.8. The highest BCUT2D eigenvalue weighted by molar-refractivity contribution is 7.89. The number of carbonyl (C=O) groups excluding carboxylic acids is 2. The largest absolute Gasteiger partial charge is 0.487 e. The number of hydrogen-bond acceptors (Lipinski definition) is 6. The topological polar surface area (TPSA) is 119 Å². The third-order valence-electron chi connectivity index (χ3n) is 7.41. The lowest BCUT2D eigenvalue weighted by Gasteiger charge is -2.37. The van der Waals surface area contributed by atoms with Crippen molar-refractivity contribution in [2.75, 3.05) is 46.2 Å². The maximum Gasteiger partial charge on any atom is 0.321 e. The van der Waals surface area contributed by atoms with Crippen molar-refractivity contribution in [2.24, 2.45) is 5.92 Å². The maximum absolute atomic E-state index is 13.8. The van der Waals surface area contributed by atoms with Crippen molar-refractivity contribution in [1.29, 1.82) is 0 Å². The highest BCUT2D eigenvalue weighted by Crippen LogP contribution is 2.37. The number of urea groups is 1. The molecule has 12 heteroatoms. The number of fused-ring (bicyclic) bond motifs is 1. The van der Waals surface area contributed by atoms with Gasteiger partial charge in [-0.05, 0) is 66.6 Å². The van der Waals surface area contributed by atoms with Gasteiger partial charge in [-0.3, -0.25) is 4.79 Å². The Hall–Kier alpha value is -4.00. The number of nitrogens with one attached hydrogen (secondary N) is 1. The Morgan fingerprint density at radius 3 is 2.40 bits per heavy atom. The van der Waals surface area contributed by atoms with Gasteiger partial charge in [0.15, 0.2) is 0 Å². The van der Waals surface area contributed by atoms with Gasteiger partial charge in [0.2, 0.25) is 10.0 Å². The molecule has 1 heterocycles. The van der Waals surface area contributed by atoms with E-state index in [0.717, 1.165) is 0 Å². The van der Waals surface area contributed by atoms with Crippen LogP contribution in [0.5, 0.6) is 5.75 Å². The molecule has 4 rings (SSSR count). The van der Waals surface area contributed by atoms with E-state index in [1.54, 1.807) is 58.4 Å². The Morgan fingerprint density at radius 2 is 1.74 bits per heavy atom. The molecule has 3 amide bonds. The lowest BCUT2D eigenvalue weighted by Crippen LogP contribution is -2.50. The van der Waals surface area contributed by atoms with Crippen LogP contribution in [-0.4, -0.2) is 92.6 Å². The molecule has 1 aliphatic heterocycles. The number of ether oxygens (including phenoxy) is 1. The molecule has 230 valence electrons. The maximum atomic E-state index is 13.8. The lowest BCUT2D eigenvalue weighted by molar-refractivity contribution is 0.0827. The summed E-state index contributed by atoms with van der Waals surface area (Å²) in [4.78, 5) is 28.4. The zero-order valence-electron chi connectivity index (χ0n) is 24.8. The molecule has 0 saturated heterocycles. The van der Waals surface area contributed by atoms with E-state index in [-0.39, 0.29) is 42.2 Å². The first kappa shape index (κ1) is 31.9. The van der Waals surface area contributed by atoms with Crippen molar-refractivity contribution in [3.63, 3.8) is 0 Å². The number of nitrogens with zero attached hydrogens (tertiary/aromatic N) is 3. The van der Waals surface area contributed by atoms with E-state index in [1.165, 1.54) is 44.4 Å². The number of carbonyl (C=O) groups is 2. The van der Waals surface area contributed by atoms with E-state index in [9.17, 15) is 27.5 Å². The van der Waals surface area contributed by atoms with Gasteiger partial charge in [-0.15, -0.1) is 0 Å². The molecule has 0 radical (unpaired) electrons. The van der Waals surface area contributed by atoms with Gasteiger partial charge in [0.1, 0.15) is 22.6 Å². The van der Waals surface area contributed by atoms with E-state index < -0.39 is 34.0 Å². The van der Waals surface area contributed by atoms with E-state index in [1.807, 2.05) is 13.0 Å². The SMILES string of the molecule is C[C@H]1CN([C@@H](C)CO)S(=O)(=O)c2ccc(-c3cccc(C(=O)N(C)C)c3)cc2O[C@@H]1CN(C)C(=O)Nc1ccc(F)cc1. The monoisotopic (exact) mass is 612 g/mol. The summed E-state index contributed by atoms with van der Waals surface area (Å²) in [7, 11) is 0.846. The summed E-state index contributed by atoms with van der Waals surface area (Å²) in [5, 5.41) is 12.6. The quantitative estimate of drug-likeness (QED) is 0.414. The van der Waals surface area contributed by atoms with E-state index >= 15 is 0 Å². The van der Waals surface area contributed by atoms with Crippen molar-refractivity contribution in [2.45, 2.75) is 30.9 Å². The number of aliphatic hydroxyl groups excluding tert-OH is 1. The average molecular weight is 613 g/mol. The van der Waals surface area contributed by atoms with Crippen molar-refractivity contribution in [1.82, 2.24) is 14.1 Å². The Kier molecular flexibility index (Phi) is 9.73. The van der Waals surface area contributed by atoms with Crippen LogP contribution >= 0.6 is 0 Å². The van der Waals surface area contributed by atoms with Gasteiger partial charge in [0.05, 0.1) is 13.2 Å². The molecule has 0 fully saturated rings. The highest BCUT2D eigenvalue weighted by Gasteiger charge is 2.38. The van der Waals surface area contributed by atoms with Crippen LogP contribution < -0.4 is 10.1 Å². The van der Waals surface area contributed by atoms with Gasteiger partial charge < -0.3 is 25.0 Å². The van der Waals surface area contributed by atoms with Crippen LogP contribution in [0.4, 0.5) is 14.9 Å².